The molecule has 1 aromatic heterocycles. The van der Waals surface area contributed by atoms with Crippen LogP contribution in [-0.2, 0) is 24.2 Å². The van der Waals surface area contributed by atoms with E-state index in [1.54, 1.807) is 0 Å². The second kappa shape index (κ2) is 10.2. The fourth-order valence-electron chi connectivity index (χ4n) is 3.01. The minimum Gasteiger partial charge on any atom is -0.379 e. The summed E-state index contributed by atoms with van der Waals surface area (Å²) in [6, 6.07) is 8.01. The van der Waals surface area contributed by atoms with E-state index < -0.39 is 0 Å². The van der Waals surface area contributed by atoms with Crippen molar-refractivity contribution in [3.8, 4) is 0 Å². The summed E-state index contributed by atoms with van der Waals surface area (Å²) in [5.74, 6) is 1.46. The highest BCUT2D eigenvalue weighted by Gasteiger charge is 2.13. The van der Waals surface area contributed by atoms with Gasteiger partial charge in [0.15, 0.2) is 5.82 Å². The Labute approximate surface area is 165 Å². The number of carbonyl (C=O) groups excluding carboxylic acids is 1. The lowest BCUT2D eigenvalue weighted by Gasteiger charge is -2.27. The molecule has 0 unspecified atom stereocenters. The van der Waals surface area contributed by atoms with Gasteiger partial charge in [0.05, 0.1) is 13.2 Å². The van der Waals surface area contributed by atoms with Crippen molar-refractivity contribution in [2.75, 3.05) is 32.8 Å². The molecule has 0 aliphatic carbocycles. The molecule has 1 aliphatic rings. The average molecular weight is 387 g/mol. The van der Waals surface area contributed by atoms with Crippen LogP contribution < -0.4 is 10.6 Å². The molecule has 0 radical (unpaired) electrons. The Morgan fingerprint density at radius 2 is 1.93 bits per heavy atom. The molecule has 8 heteroatoms. The highest BCUT2D eigenvalue weighted by atomic mass is 16.5. The minimum absolute atomic E-state index is 0.204. The number of carbonyl (C=O) groups is 1. The normalized spacial score (nSPS) is 15.0. The van der Waals surface area contributed by atoms with Crippen LogP contribution in [0.4, 0.5) is 4.79 Å². The van der Waals surface area contributed by atoms with Crippen LogP contribution in [0.1, 0.15) is 42.6 Å². The van der Waals surface area contributed by atoms with Gasteiger partial charge in [-0.3, -0.25) is 4.90 Å². The quantitative estimate of drug-likeness (QED) is 0.720. The zero-order chi connectivity index (χ0) is 19.8. The van der Waals surface area contributed by atoms with E-state index in [2.05, 4.69) is 37.8 Å². The van der Waals surface area contributed by atoms with Gasteiger partial charge in [-0.25, -0.2) is 4.79 Å². The molecule has 3 rings (SSSR count). The van der Waals surface area contributed by atoms with E-state index in [0.29, 0.717) is 31.2 Å². The van der Waals surface area contributed by atoms with E-state index in [-0.39, 0.29) is 11.9 Å². The molecule has 2 heterocycles. The van der Waals surface area contributed by atoms with Crippen LogP contribution in [0.5, 0.6) is 0 Å². The smallest absolute Gasteiger partial charge is 0.315 e. The topological polar surface area (TPSA) is 92.5 Å². The predicted octanol–water partition coefficient (Wildman–Crippen LogP) is 2.07. The van der Waals surface area contributed by atoms with E-state index in [1.807, 2.05) is 26.0 Å². The van der Waals surface area contributed by atoms with Gasteiger partial charge in [-0.2, -0.15) is 4.98 Å². The molecule has 152 valence electrons. The maximum Gasteiger partial charge on any atom is 0.315 e. The summed E-state index contributed by atoms with van der Waals surface area (Å²) >= 11 is 0. The molecule has 8 nitrogen and oxygen atoms in total. The summed E-state index contributed by atoms with van der Waals surface area (Å²) in [4.78, 5) is 18.8. The van der Waals surface area contributed by atoms with E-state index in [0.717, 1.165) is 38.4 Å². The van der Waals surface area contributed by atoms with Gasteiger partial charge < -0.3 is 19.9 Å². The standard InChI is InChI=1S/C20H29N5O3/c1-15(2)19-23-18(28-24-19)7-8-21-20(26)22-13-16-5-3-4-6-17(16)14-25-9-11-27-12-10-25/h3-6,15H,7-14H2,1-2H3,(H2,21,22,26). The zero-order valence-electron chi connectivity index (χ0n) is 16.6. The minimum atomic E-state index is -0.204. The molecule has 1 aromatic carbocycles. The first-order valence-corrected chi connectivity index (χ1v) is 9.83. The number of amides is 2. The maximum atomic E-state index is 12.1. The summed E-state index contributed by atoms with van der Waals surface area (Å²) in [7, 11) is 0. The predicted molar refractivity (Wildman–Crippen MR) is 105 cm³/mol. The SMILES string of the molecule is CC(C)c1noc(CCNC(=O)NCc2ccccc2CN2CCOCC2)n1. The van der Waals surface area contributed by atoms with Crippen LogP contribution in [-0.4, -0.2) is 53.9 Å². The van der Waals surface area contributed by atoms with Crippen molar-refractivity contribution >= 4 is 6.03 Å². The number of nitrogens with zero attached hydrogens (tertiary/aromatic N) is 3. The van der Waals surface area contributed by atoms with Gasteiger partial charge in [-0.05, 0) is 11.1 Å². The van der Waals surface area contributed by atoms with Crippen LogP contribution >= 0.6 is 0 Å². The van der Waals surface area contributed by atoms with Crippen LogP contribution in [0.3, 0.4) is 0 Å². The fraction of sp³-hybridized carbons (Fsp3) is 0.550. The van der Waals surface area contributed by atoms with Crippen molar-refractivity contribution in [3.63, 3.8) is 0 Å². The summed E-state index contributed by atoms with van der Waals surface area (Å²) in [6.07, 6.45) is 0.515. The third-order valence-electron chi connectivity index (χ3n) is 4.68. The van der Waals surface area contributed by atoms with Gasteiger partial charge in [0.1, 0.15) is 0 Å². The molecule has 0 spiro atoms. The summed E-state index contributed by atoms with van der Waals surface area (Å²) in [5, 5.41) is 9.68. The molecule has 2 N–H and O–H groups in total. The first kappa shape index (κ1) is 20.3. The van der Waals surface area contributed by atoms with Crippen molar-refractivity contribution in [1.82, 2.24) is 25.7 Å². The Balaban J connectivity index is 1.42. The van der Waals surface area contributed by atoms with Crippen molar-refractivity contribution in [2.45, 2.75) is 39.3 Å². The van der Waals surface area contributed by atoms with Crippen LogP contribution in [0.2, 0.25) is 0 Å². The van der Waals surface area contributed by atoms with Crippen molar-refractivity contribution in [3.05, 3.63) is 47.1 Å². The second-order valence-corrected chi connectivity index (χ2v) is 7.22. The Morgan fingerprint density at radius 3 is 2.64 bits per heavy atom. The third-order valence-corrected chi connectivity index (χ3v) is 4.68. The Kier molecular flexibility index (Phi) is 7.39. The number of rotatable bonds is 8. The molecule has 2 aromatic rings. The Bertz CT molecular complexity index is 756. The Morgan fingerprint density at radius 1 is 1.18 bits per heavy atom. The second-order valence-electron chi connectivity index (χ2n) is 7.22. The average Bonchev–Trinajstić information content (AvgIpc) is 3.17. The van der Waals surface area contributed by atoms with Gasteiger partial charge in [0.25, 0.3) is 0 Å². The first-order valence-electron chi connectivity index (χ1n) is 9.83. The molecule has 2 amide bonds. The van der Waals surface area contributed by atoms with E-state index in [9.17, 15) is 4.79 Å². The number of hydrogen-bond donors (Lipinski definition) is 2. The molecule has 1 fully saturated rings. The number of hydrogen-bond acceptors (Lipinski definition) is 6. The molecule has 0 bridgehead atoms. The van der Waals surface area contributed by atoms with Gasteiger partial charge in [-0.1, -0.05) is 43.3 Å². The number of nitrogens with one attached hydrogen (secondary N) is 2. The molecular weight excluding hydrogens is 358 g/mol. The lowest BCUT2D eigenvalue weighted by Crippen LogP contribution is -2.37. The molecular formula is C20H29N5O3. The van der Waals surface area contributed by atoms with E-state index in [4.69, 9.17) is 9.26 Å². The third kappa shape index (κ3) is 6.03. The summed E-state index contributed by atoms with van der Waals surface area (Å²) < 4.78 is 10.6. The molecule has 0 atom stereocenters. The van der Waals surface area contributed by atoms with Crippen molar-refractivity contribution < 1.29 is 14.1 Å². The molecule has 1 aliphatic heterocycles. The molecule has 1 saturated heterocycles. The van der Waals surface area contributed by atoms with Gasteiger partial charge >= 0.3 is 6.03 Å². The number of morpholine rings is 1. The lowest BCUT2D eigenvalue weighted by atomic mass is 10.1. The fourth-order valence-corrected chi connectivity index (χ4v) is 3.01. The first-order chi connectivity index (χ1) is 13.6. The number of urea groups is 1. The largest absolute Gasteiger partial charge is 0.379 e. The van der Waals surface area contributed by atoms with Crippen LogP contribution in [0.15, 0.2) is 28.8 Å². The van der Waals surface area contributed by atoms with Crippen molar-refractivity contribution in [2.24, 2.45) is 0 Å². The van der Waals surface area contributed by atoms with Crippen LogP contribution in [0.25, 0.3) is 0 Å². The Hall–Kier alpha value is -2.45. The summed E-state index contributed by atoms with van der Waals surface area (Å²) in [5.41, 5.74) is 2.36. The van der Waals surface area contributed by atoms with Gasteiger partial charge in [0, 0.05) is 45.1 Å². The van der Waals surface area contributed by atoms with E-state index in [1.165, 1.54) is 5.56 Å². The maximum absolute atomic E-state index is 12.1. The number of benzene rings is 1. The highest BCUT2D eigenvalue weighted by Crippen LogP contribution is 2.13. The monoisotopic (exact) mass is 387 g/mol. The van der Waals surface area contributed by atoms with Crippen LogP contribution in [0, 0.1) is 0 Å². The van der Waals surface area contributed by atoms with Crippen molar-refractivity contribution in [1.29, 1.82) is 0 Å². The molecule has 28 heavy (non-hydrogen) atoms. The highest BCUT2D eigenvalue weighted by molar-refractivity contribution is 5.73. The zero-order valence-corrected chi connectivity index (χ0v) is 16.6. The molecule has 0 saturated carbocycles. The van der Waals surface area contributed by atoms with Gasteiger partial charge in [0.2, 0.25) is 5.89 Å². The van der Waals surface area contributed by atoms with E-state index >= 15 is 0 Å². The number of ether oxygens (including phenoxy) is 1. The van der Waals surface area contributed by atoms with Gasteiger partial charge in [-0.15, -0.1) is 0 Å². The summed E-state index contributed by atoms with van der Waals surface area (Å²) in [6.45, 7) is 9.27. The number of aromatic nitrogens is 2. The lowest BCUT2D eigenvalue weighted by molar-refractivity contribution is 0.0341.